The van der Waals surface area contributed by atoms with Gasteiger partial charge in [-0.25, -0.2) is 0 Å². The summed E-state index contributed by atoms with van der Waals surface area (Å²) < 4.78 is 13.0. The van der Waals surface area contributed by atoms with Gasteiger partial charge in [0.15, 0.2) is 13.6 Å². The van der Waals surface area contributed by atoms with Crippen molar-refractivity contribution in [1.29, 1.82) is 0 Å². The number of hydrogen-bond acceptors (Lipinski definition) is 3. The maximum absolute atomic E-state index is 13.2. The summed E-state index contributed by atoms with van der Waals surface area (Å²) >= 11 is 0. The van der Waals surface area contributed by atoms with Crippen molar-refractivity contribution in [3.8, 4) is 0 Å². The predicted molar refractivity (Wildman–Crippen MR) is 112 cm³/mol. The Labute approximate surface area is 163 Å². The molecule has 0 amide bonds. The first-order chi connectivity index (χ1) is 12.7. The summed E-state index contributed by atoms with van der Waals surface area (Å²) in [5.74, 6) is -0.193. The summed E-state index contributed by atoms with van der Waals surface area (Å²) in [6, 6.07) is 9.64. The van der Waals surface area contributed by atoms with Gasteiger partial charge in [-0.1, -0.05) is 49.7 Å². The van der Waals surface area contributed by atoms with Gasteiger partial charge in [0.1, 0.15) is 0 Å². The van der Waals surface area contributed by atoms with Crippen LogP contribution in [0.4, 0.5) is 0 Å². The molecule has 2 aromatic carbocycles. The zero-order valence-corrected chi connectivity index (χ0v) is 17.9. The van der Waals surface area contributed by atoms with Gasteiger partial charge < -0.3 is 0 Å². The molecule has 3 nitrogen and oxygen atoms in total. The zero-order valence-electron chi connectivity index (χ0n) is 17.1. The fourth-order valence-corrected chi connectivity index (χ4v) is 4.94. The average Bonchev–Trinajstić information content (AvgIpc) is 2.64. The van der Waals surface area contributed by atoms with Gasteiger partial charge in [0.2, 0.25) is 5.52 Å². The van der Waals surface area contributed by atoms with Crippen molar-refractivity contribution >= 4 is 19.1 Å². The minimum atomic E-state index is -2.36. The third-order valence-electron chi connectivity index (χ3n) is 5.07. The normalized spacial score (nSPS) is 12.6. The second kappa shape index (κ2) is 8.71. The minimum Gasteiger partial charge on any atom is -0.293 e. The summed E-state index contributed by atoms with van der Waals surface area (Å²) in [5, 5.41) is 0. The Bertz CT molecular complexity index is 867. The first kappa shape index (κ1) is 21.2. The Kier molecular flexibility index (Phi) is 6.84. The van der Waals surface area contributed by atoms with Gasteiger partial charge in [0.05, 0.1) is 5.66 Å². The molecule has 0 saturated carbocycles. The first-order valence-electron chi connectivity index (χ1n) is 9.46. The highest BCUT2D eigenvalue weighted by Crippen LogP contribution is 2.37. The fraction of sp³-hybridized carbons (Fsp3) is 0.391. The summed E-state index contributed by atoms with van der Waals surface area (Å²) in [4.78, 5) is 26.1. The standard InChI is InChI=1S/C23H28O3P/c1-7-18-10-9-11-19(8-2)21(18)22(24)17(6)27(26)23(25)20-15(4)12-14(3)13-16(20)5/h9-13,17H,7-8H2,1-6H3. The van der Waals surface area contributed by atoms with Gasteiger partial charge in [-0.3, -0.25) is 14.2 Å². The molecule has 0 aliphatic carbocycles. The van der Waals surface area contributed by atoms with Crippen LogP contribution in [-0.2, 0) is 17.4 Å². The summed E-state index contributed by atoms with van der Waals surface area (Å²) in [6.45, 7) is 11.3. The van der Waals surface area contributed by atoms with Gasteiger partial charge in [-0.05, 0) is 62.8 Å². The molecule has 2 aromatic rings. The third-order valence-corrected chi connectivity index (χ3v) is 6.63. The van der Waals surface area contributed by atoms with Crippen LogP contribution in [0.25, 0.3) is 0 Å². The van der Waals surface area contributed by atoms with Crippen molar-refractivity contribution in [2.45, 2.75) is 60.0 Å². The molecule has 0 spiro atoms. The number of carbonyl (C=O) groups excluding carboxylic acids is 2. The van der Waals surface area contributed by atoms with Crippen LogP contribution in [-0.4, -0.2) is 17.0 Å². The topological polar surface area (TPSA) is 51.2 Å². The smallest absolute Gasteiger partial charge is 0.243 e. The highest BCUT2D eigenvalue weighted by Gasteiger charge is 2.31. The molecule has 0 aliphatic heterocycles. The predicted octanol–water partition coefficient (Wildman–Crippen LogP) is 5.98. The van der Waals surface area contributed by atoms with Crippen LogP contribution in [0.5, 0.6) is 0 Å². The second-order valence-corrected chi connectivity index (χ2v) is 8.94. The number of carbonyl (C=O) groups is 2. The molecule has 2 atom stereocenters. The minimum absolute atomic E-state index is 0.193. The molecule has 2 rings (SSSR count). The third kappa shape index (κ3) is 4.25. The Morgan fingerprint density at radius 2 is 1.41 bits per heavy atom. The van der Waals surface area contributed by atoms with Crippen LogP contribution >= 0.6 is 7.80 Å². The molecule has 0 saturated heterocycles. The lowest BCUT2D eigenvalue weighted by molar-refractivity contribution is 0.0981. The van der Waals surface area contributed by atoms with E-state index in [2.05, 4.69) is 0 Å². The first-order valence-corrected chi connectivity index (χ1v) is 10.8. The number of aryl methyl sites for hydroxylation is 5. The number of Topliss-reactive ketones (excluding diaryl/α,β-unsaturated/α-hetero) is 1. The molecule has 0 heterocycles. The largest absolute Gasteiger partial charge is 0.293 e. The van der Waals surface area contributed by atoms with Crippen LogP contribution in [0.3, 0.4) is 0 Å². The molecule has 0 bridgehead atoms. The van der Waals surface area contributed by atoms with Crippen LogP contribution in [0, 0.1) is 20.8 Å². The highest BCUT2D eigenvalue weighted by molar-refractivity contribution is 7.66. The molecule has 0 aromatic heterocycles. The Morgan fingerprint density at radius 1 is 0.926 bits per heavy atom. The number of ketones is 1. The van der Waals surface area contributed by atoms with Crippen molar-refractivity contribution in [3.05, 3.63) is 69.3 Å². The van der Waals surface area contributed by atoms with Crippen LogP contribution in [0.15, 0.2) is 30.3 Å². The lowest BCUT2D eigenvalue weighted by Crippen LogP contribution is -2.20. The van der Waals surface area contributed by atoms with Crippen LogP contribution < -0.4 is 0 Å². The number of benzene rings is 2. The van der Waals surface area contributed by atoms with E-state index in [1.54, 1.807) is 6.92 Å². The van der Waals surface area contributed by atoms with Gasteiger partial charge in [0.25, 0.3) is 0 Å². The Morgan fingerprint density at radius 3 is 1.85 bits per heavy atom. The molecule has 0 aliphatic rings. The van der Waals surface area contributed by atoms with E-state index in [0.29, 0.717) is 11.1 Å². The van der Waals surface area contributed by atoms with E-state index >= 15 is 0 Å². The molecular formula is C23H28O3P. The van der Waals surface area contributed by atoms with Crippen molar-refractivity contribution in [2.24, 2.45) is 0 Å². The van der Waals surface area contributed by atoms with Crippen LogP contribution in [0.2, 0.25) is 0 Å². The molecule has 143 valence electrons. The van der Waals surface area contributed by atoms with Gasteiger partial charge in [0, 0.05) is 11.1 Å². The number of rotatable bonds is 7. The summed E-state index contributed by atoms with van der Waals surface area (Å²) in [6.07, 6.45) is 1.45. The van der Waals surface area contributed by atoms with E-state index in [1.165, 1.54) is 0 Å². The van der Waals surface area contributed by atoms with Gasteiger partial charge in [-0.15, -0.1) is 0 Å². The van der Waals surface area contributed by atoms with Gasteiger partial charge >= 0.3 is 0 Å². The van der Waals surface area contributed by atoms with Crippen molar-refractivity contribution in [1.82, 2.24) is 0 Å². The molecular weight excluding hydrogens is 355 g/mol. The van der Waals surface area contributed by atoms with Gasteiger partial charge in [-0.2, -0.15) is 0 Å². The van der Waals surface area contributed by atoms with Crippen molar-refractivity contribution in [2.75, 3.05) is 0 Å². The average molecular weight is 383 g/mol. The van der Waals surface area contributed by atoms with Crippen LogP contribution in [0.1, 0.15) is 69.3 Å². The van der Waals surface area contributed by atoms with E-state index in [-0.39, 0.29) is 5.78 Å². The van der Waals surface area contributed by atoms with E-state index < -0.39 is 19.0 Å². The lowest BCUT2D eigenvalue weighted by atomic mass is 9.93. The SMILES string of the molecule is CCc1cccc(CC)c1C(=O)C(C)[P](=O)C(=O)c1c(C)cc(C)cc1C. The fourth-order valence-electron chi connectivity index (χ4n) is 3.68. The summed E-state index contributed by atoms with van der Waals surface area (Å²) in [7, 11) is -2.36. The molecule has 2 unspecified atom stereocenters. The zero-order chi connectivity index (χ0) is 20.3. The molecule has 4 heteroatoms. The highest BCUT2D eigenvalue weighted by atomic mass is 31.1. The molecule has 0 N–H and O–H groups in total. The van der Waals surface area contributed by atoms with Crippen molar-refractivity contribution in [3.63, 3.8) is 0 Å². The Balaban J connectivity index is 2.41. The molecule has 0 fully saturated rings. The quantitative estimate of drug-likeness (QED) is 0.437. The van der Waals surface area contributed by atoms with E-state index in [0.717, 1.165) is 40.7 Å². The molecule has 1 radical (unpaired) electrons. The molecule has 27 heavy (non-hydrogen) atoms. The van der Waals surface area contributed by atoms with E-state index in [1.807, 2.05) is 65.0 Å². The Hall–Kier alpha value is -2.12. The van der Waals surface area contributed by atoms with Crippen molar-refractivity contribution < 1.29 is 14.2 Å². The van der Waals surface area contributed by atoms with E-state index in [9.17, 15) is 14.2 Å². The maximum atomic E-state index is 13.2. The number of hydrogen-bond donors (Lipinski definition) is 0. The summed E-state index contributed by atoms with van der Waals surface area (Å²) in [5.41, 5.74) is 4.44. The van der Waals surface area contributed by atoms with E-state index in [4.69, 9.17) is 0 Å². The maximum Gasteiger partial charge on any atom is 0.243 e. The second-order valence-electron chi connectivity index (χ2n) is 7.10. The lowest BCUT2D eigenvalue weighted by Gasteiger charge is -2.17. The monoisotopic (exact) mass is 383 g/mol.